The van der Waals surface area contributed by atoms with E-state index in [4.69, 9.17) is 11.6 Å². The highest BCUT2D eigenvalue weighted by molar-refractivity contribution is 6.32. The maximum absolute atomic E-state index is 13.4. The zero-order valence-corrected chi connectivity index (χ0v) is 13.8. The Morgan fingerprint density at radius 2 is 1.88 bits per heavy atom. The molecule has 0 aliphatic rings. The van der Waals surface area contributed by atoms with Gasteiger partial charge in [0, 0.05) is 16.0 Å². The van der Waals surface area contributed by atoms with Gasteiger partial charge in [-0.1, -0.05) is 35.9 Å². The molecule has 0 saturated heterocycles. The summed E-state index contributed by atoms with van der Waals surface area (Å²) in [5, 5.41) is 10.2. The number of carboxylic acid groups (broad SMARTS) is 1. The summed E-state index contributed by atoms with van der Waals surface area (Å²) in [6.07, 6.45) is -4.95. The van der Waals surface area contributed by atoms with Crippen LogP contribution in [-0.4, -0.2) is 16.1 Å². The van der Waals surface area contributed by atoms with Crippen LogP contribution in [-0.2, 0) is 17.4 Å². The number of aryl methyl sites for hydroxylation is 1. The summed E-state index contributed by atoms with van der Waals surface area (Å²) in [4.78, 5) is 14.2. The molecule has 0 spiro atoms. The van der Waals surface area contributed by atoms with Crippen molar-refractivity contribution in [2.45, 2.75) is 19.5 Å². The monoisotopic (exact) mass is 367 g/mol. The lowest BCUT2D eigenvalue weighted by Gasteiger charge is -2.13. The summed E-state index contributed by atoms with van der Waals surface area (Å²) in [7, 11) is 0. The van der Waals surface area contributed by atoms with E-state index in [1.807, 2.05) is 0 Å². The van der Waals surface area contributed by atoms with E-state index in [0.717, 1.165) is 6.07 Å². The van der Waals surface area contributed by atoms with Gasteiger partial charge in [-0.25, -0.2) is 0 Å². The molecule has 2 aromatic carbocycles. The van der Waals surface area contributed by atoms with Gasteiger partial charge in [0.15, 0.2) is 0 Å². The Bertz CT molecular complexity index is 976. The van der Waals surface area contributed by atoms with Crippen molar-refractivity contribution >= 4 is 28.5 Å². The highest BCUT2D eigenvalue weighted by Crippen LogP contribution is 2.40. The van der Waals surface area contributed by atoms with Crippen molar-refractivity contribution in [2.75, 3.05) is 0 Å². The number of rotatable bonds is 3. The zero-order valence-electron chi connectivity index (χ0n) is 13.0. The predicted octanol–water partition coefficient (Wildman–Crippen LogP) is 5.44. The molecule has 3 nitrogen and oxygen atoms in total. The van der Waals surface area contributed by atoms with Crippen LogP contribution in [0.25, 0.3) is 22.2 Å². The number of aromatic amines is 1. The van der Waals surface area contributed by atoms with Crippen molar-refractivity contribution in [3.63, 3.8) is 0 Å². The van der Waals surface area contributed by atoms with E-state index in [2.05, 4.69) is 4.98 Å². The molecule has 0 saturated carbocycles. The molecule has 0 radical (unpaired) electrons. The normalized spacial score (nSPS) is 11.9. The topological polar surface area (TPSA) is 53.1 Å². The smallest absolute Gasteiger partial charge is 0.417 e. The summed E-state index contributed by atoms with van der Waals surface area (Å²) in [5.41, 5.74) is 0.738. The van der Waals surface area contributed by atoms with Crippen molar-refractivity contribution in [3.8, 4) is 11.3 Å². The number of alkyl halides is 3. The molecule has 0 aliphatic carbocycles. The summed E-state index contributed by atoms with van der Waals surface area (Å²) >= 11 is 6.09. The van der Waals surface area contributed by atoms with Gasteiger partial charge in [0.25, 0.3) is 0 Å². The number of hydrogen-bond acceptors (Lipinski definition) is 1. The first-order chi connectivity index (χ1) is 11.7. The number of nitrogens with one attached hydrogen (secondary N) is 1. The maximum atomic E-state index is 13.4. The van der Waals surface area contributed by atoms with E-state index < -0.39 is 24.1 Å². The molecule has 0 aliphatic heterocycles. The lowest BCUT2D eigenvalue weighted by molar-refractivity contribution is -0.137. The van der Waals surface area contributed by atoms with Crippen LogP contribution in [0.15, 0.2) is 36.4 Å². The lowest BCUT2D eigenvalue weighted by Crippen LogP contribution is -2.08. The molecule has 3 rings (SSSR count). The molecule has 0 amide bonds. The number of fused-ring (bicyclic) bond motifs is 1. The van der Waals surface area contributed by atoms with Gasteiger partial charge in [0.05, 0.1) is 23.2 Å². The highest BCUT2D eigenvalue weighted by atomic mass is 35.5. The maximum Gasteiger partial charge on any atom is 0.417 e. The first-order valence-corrected chi connectivity index (χ1v) is 7.76. The number of benzene rings is 2. The Morgan fingerprint density at radius 3 is 2.52 bits per heavy atom. The van der Waals surface area contributed by atoms with E-state index >= 15 is 0 Å². The van der Waals surface area contributed by atoms with Crippen molar-refractivity contribution in [1.82, 2.24) is 4.98 Å². The largest absolute Gasteiger partial charge is 0.481 e. The summed E-state index contributed by atoms with van der Waals surface area (Å²) in [6.45, 7) is 1.73. The second-order valence-electron chi connectivity index (χ2n) is 5.69. The first kappa shape index (κ1) is 17.4. The molecule has 1 aromatic heterocycles. The van der Waals surface area contributed by atoms with Gasteiger partial charge in [-0.05, 0) is 30.2 Å². The number of aliphatic carboxylic acids is 1. The van der Waals surface area contributed by atoms with Crippen LogP contribution in [0.3, 0.4) is 0 Å². The molecule has 130 valence electrons. The third-order valence-electron chi connectivity index (χ3n) is 4.11. The summed E-state index contributed by atoms with van der Waals surface area (Å²) < 4.78 is 40.1. The van der Waals surface area contributed by atoms with Crippen LogP contribution in [0.4, 0.5) is 13.2 Å². The lowest BCUT2D eigenvalue weighted by atomic mass is 9.98. The molecule has 7 heteroatoms. The number of aromatic nitrogens is 1. The van der Waals surface area contributed by atoms with Crippen molar-refractivity contribution in [1.29, 1.82) is 0 Å². The molecule has 25 heavy (non-hydrogen) atoms. The SMILES string of the molecule is Cc1c(Cl)ccc2c(CC(=O)O)c(-c3ccccc3C(F)(F)F)[nH]c12. The van der Waals surface area contributed by atoms with E-state index in [1.54, 1.807) is 19.1 Å². The molecule has 2 N–H and O–H groups in total. The third-order valence-corrected chi connectivity index (χ3v) is 4.52. The molecule has 0 atom stereocenters. The van der Waals surface area contributed by atoms with Gasteiger partial charge >= 0.3 is 12.1 Å². The van der Waals surface area contributed by atoms with E-state index in [0.29, 0.717) is 27.1 Å². The molecule has 3 aromatic rings. The molecular weight excluding hydrogens is 355 g/mol. The van der Waals surface area contributed by atoms with Crippen LogP contribution in [0.2, 0.25) is 5.02 Å². The molecular formula is C18H13ClF3NO2. The van der Waals surface area contributed by atoms with Crippen LogP contribution >= 0.6 is 11.6 Å². The van der Waals surface area contributed by atoms with Crippen LogP contribution in [0, 0.1) is 6.92 Å². The quantitative estimate of drug-likeness (QED) is 0.647. The average Bonchev–Trinajstić information content (AvgIpc) is 2.89. The fourth-order valence-electron chi connectivity index (χ4n) is 2.95. The van der Waals surface area contributed by atoms with Gasteiger partial charge in [-0.15, -0.1) is 0 Å². The minimum atomic E-state index is -4.55. The highest BCUT2D eigenvalue weighted by Gasteiger charge is 2.34. The average molecular weight is 368 g/mol. The van der Waals surface area contributed by atoms with Crippen molar-refractivity contribution < 1.29 is 23.1 Å². The molecule has 1 heterocycles. The van der Waals surface area contributed by atoms with E-state index in [1.165, 1.54) is 18.2 Å². The summed E-state index contributed by atoms with van der Waals surface area (Å²) in [6, 6.07) is 8.33. The minimum Gasteiger partial charge on any atom is -0.481 e. The van der Waals surface area contributed by atoms with Crippen molar-refractivity contribution in [2.24, 2.45) is 0 Å². The van der Waals surface area contributed by atoms with Gasteiger partial charge in [0.1, 0.15) is 0 Å². The third kappa shape index (κ3) is 3.09. The number of H-pyrrole nitrogens is 1. The standard InChI is InChI=1S/C18H13ClF3NO2/c1-9-14(19)7-6-10-12(8-15(24)25)17(23-16(9)10)11-4-2-3-5-13(11)18(20,21)22/h2-7,23H,8H2,1H3,(H,24,25). The molecule has 0 fully saturated rings. The zero-order chi connectivity index (χ0) is 18.4. The van der Waals surface area contributed by atoms with Crippen LogP contribution in [0.5, 0.6) is 0 Å². The molecule has 0 bridgehead atoms. The second-order valence-corrected chi connectivity index (χ2v) is 6.09. The number of carbonyl (C=O) groups is 1. The van der Waals surface area contributed by atoms with E-state index in [9.17, 15) is 23.1 Å². The Hall–Kier alpha value is -2.47. The summed E-state index contributed by atoms with van der Waals surface area (Å²) in [5.74, 6) is -1.13. The van der Waals surface area contributed by atoms with Gasteiger partial charge in [-0.2, -0.15) is 13.2 Å². The molecule has 0 unspecified atom stereocenters. The minimum absolute atomic E-state index is 0.0852. The number of hydrogen-bond donors (Lipinski definition) is 2. The first-order valence-electron chi connectivity index (χ1n) is 7.38. The van der Waals surface area contributed by atoms with Gasteiger partial charge in [-0.3, -0.25) is 4.79 Å². The predicted molar refractivity (Wildman–Crippen MR) is 89.8 cm³/mol. The van der Waals surface area contributed by atoms with Crippen LogP contribution in [0.1, 0.15) is 16.7 Å². The number of carboxylic acids is 1. The Labute approximate surface area is 146 Å². The number of halogens is 4. The fraction of sp³-hybridized carbons (Fsp3) is 0.167. The van der Waals surface area contributed by atoms with Gasteiger partial charge < -0.3 is 10.1 Å². The second kappa shape index (κ2) is 6.11. The Kier molecular flexibility index (Phi) is 4.24. The Balaban J connectivity index is 2.37. The van der Waals surface area contributed by atoms with Gasteiger partial charge in [0.2, 0.25) is 0 Å². The fourth-order valence-corrected chi connectivity index (χ4v) is 3.10. The van der Waals surface area contributed by atoms with Crippen LogP contribution < -0.4 is 0 Å². The Morgan fingerprint density at radius 1 is 1.20 bits per heavy atom. The van der Waals surface area contributed by atoms with Crippen molar-refractivity contribution in [3.05, 3.63) is 58.1 Å². The van der Waals surface area contributed by atoms with E-state index in [-0.39, 0.29) is 11.3 Å².